The van der Waals surface area contributed by atoms with Gasteiger partial charge in [-0.25, -0.2) is 0 Å². The molecule has 0 amide bonds. The van der Waals surface area contributed by atoms with Crippen molar-refractivity contribution < 1.29 is 0 Å². The van der Waals surface area contributed by atoms with Crippen LogP contribution in [0.15, 0.2) is 21.3 Å². The summed E-state index contributed by atoms with van der Waals surface area (Å²) in [6.45, 7) is 2.01. The molecule has 1 unspecified atom stereocenters. The van der Waals surface area contributed by atoms with Crippen molar-refractivity contribution in [2.45, 2.75) is 13.0 Å². The quantitative estimate of drug-likeness (QED) is 0.944. The van der Waals surface area contributed by atoms with E-state index in [1.807, 2.05) is 25.7 Å². The maximum absolute atomic E-state index is 4.38. The first-order valence-corrected chi connectivity index (χ1v) is 6.76. The number of thiophene rings is 1. The number of halogens is 1. The Kier molecular flexibility index (Phi) is 3.47. The van der Waals surface area contributed by atoms with E-state index >= 15 is 0 Å². The second-order valence-corrected chi connectivity index (χ2v) is 5.33. The van der Waals surface area contributed by atoms with E-state index in [4.69, 9.17) is 0 Å². The van der Waals surface area contributed by atoms with Gasteiger partial charge in [-0.15, -0.1) is 0 Å². The summed E-state index contributed by atoms with van der Waals surface area (Å²) in [6.07, 6.45) is 0. The summed E-state index contributed by atoms with van der Waals surface area (Å²) in [5, 5.41) is 12.0. The molecule has 0 aromatic carbocycles. The highest BCUT2D eigenvalue weighted by Gasteiger charge is 2.19. The number of nitrogens with one attached hydrogen (secondary N) is 1. The van der Waals surface area contributed by atoms with Gasteiger partial charge in [0.05, 0.1) is 17.4 Å². The van der Waals surface area contributed by atoms with Crippen molar-refractivity contribution in [3.8, 4) is 0 Å². The molecular formula is C11H14BrN3S. The Morgan fingerprint density at radius 2 is 2.25 bits per heavy atom. The molecule has 3 nitrogen and oxygen atoms in total. The van der Waals surface area contributed by atoms with E-state index in [-0.39, 0.29) is 6.04 Å². The van der Waals surface area contributed by atoms with Crippen molar-refractivity contribution in [1.29, 1.82) is 0 Å². The predicted molar refractivity (Wildman–Crippen MR) is 70.9 cm³/mol. The first-order valence-electron chi connectivity index (χ1n) is 5.03. The lowest BCUT2D eigenvalue weighted by atomic mass is 10.1. The molecule has 0 spiro atoms. The third-order valence-corrected chi connectivity index (χ3v) is 4.33. The Bertz CT molecular complexity index is 489. The SMILES string of the molecule is CNC(c1cscc1Br)c1cc(C)nn1C. The lowest BCUT2D eigenvalue weighted by Gasteiger charge is -2.16. The molecule has 2 rings (SSSR count). The third-order valence-electron chi connectivity index (χ3n) is 2.58. The van der Waals surface area contributed by atoms with Gasteiger partial charge < -0.3 is 5.32 Å². The molecule has 0 radical (unpaired) electrons. The second kappa shape index (κ2) is 4.69. The lowest BCUT2D eigenvalue weighted by molar-refractivity contribution is 0.604. The number of aromatic nitrogens is 2. The maximum atomic E-state index is 4.38. The molecular weight excluding hydrogens is 286 g/mol. The van der Waals surface area contributed by atoms with E-state index in [1.54, 1.807) is 11.3 Å². The summed E-state index contributed by atoms with van der Waals surface area (Å²) in [5.41, 5.74) is 3.48. The van der Waals surface area contributed by atoms with E-state index in [1.165, 1.54) is 11.3 Å². The number of aryl methyl sites for hydroxylation is 2. The third kappa shape index (κ3) is 2.07. The van der Waals surface area contributed by atoms with Gasteiger partial charge in [0.1, 0.15) is 0 Å². The largest absolute Gasteiger partial charge is 0.308 e. The zero-order valence-corrected chi connectivity index (χ0v) is 11.9. The molecule has 1 N–H and O–H groups in total. The molecule has 0 fully saturated rings. The smallest absolute Gasteiger partial charge is 0.0764 e. The summed E-state index contributed by atoms with van der Waals surface area (Å²) in [7, 11) is 3.95. The van der Waals surface area contributed by atoms with Crippen LogP contribution in [0.2, 0.25) is 0 Å². The van der Waals surface area contributed by atoms with Crippen LogP contribution in [0.1, 0.15) is 23.0 Å². The van der Waals surface area contributed by atoms with Gasteiger partial charge in [-0.3, -0.25) is 4.68 Å². The average Bonchev–Trinajstić information content (AvgIpc) is 2.77. The van der Waals surface area contributed by atoms with E-state index < -0.39 is 0 Å². The minimum atomic E-state index is 0.187. The Morgan fingerprint density at radius 3 is 2.69 bits per heavy atom. The van der Waals surface area contributed by atoms with Gasteiger partial charge in [-0.1, -0.05) is 0 Å². The Hall–Kier alpha value is -0.650. The average molecular weight is 300 g/mol. The second-order valence-electron chi connectivity index (χ2n) is 3.73. The molecule has 1 atom stereocenters. The molecule has 86 valence electrons. The molecule has 2 heterocycles. The van der Waals surface area contributed by atoms with Crippen LogP contribution in [0.3, 0.4) is 0 Å². The molecule has 2 aromatic rings. The molecule has 0 bridgehead atoms. The molecule has 0 aliphatic heterocycles. The van der Waals surface area contributed by atoms with Crippen molar-refractivity contribution in [2.24, 2.45) is 7.05 Å². The number of hydrogen-bond acceptors (Lipinski definition) is 3. The normalized spacial score (nSPS) is 13.0. The minimum absolute atomic E-state index is 0.187. The van der Waals surface area contributed by atoms with Gasteiger partial charge in [0, 0.05) is 16.9 Å². The van der Waals surface area contributed by atoms with Crippen LogP contribution in [0.5, 0.6) is 0 Å². The zero-order chi connectivity index (χ0) is 11.7. The van der Waals surface area contributed by atoms with Crippen LogP contribution >= 0.6 is 27.3 Å². The highest BCUT2D eigenvalue weighted by Crippen LogP contribution is 2.31. The fraction of sp³-hybridized carbons (Fsp3) is 0.364. The molecule has 0 saturated heterocycles. The zero-order valence-electron chi connectivity index (χ0n) is 9.49. The lowest BCUT2D eigenvalue weighted by Crippen LogP contribution is -2.20. The van der Waals surface area contributed by atoms with Crippen LogP contribution in [-0.4, -0.2) is 16.8 Å². The van der Waals surface area contributed by atoms with Crippen molar-refractivity contribution in [3.63, 3.8) is 0 Å². The molecule has 0 aliphatic rings. The molecule has 0 aliphatic carbocycles. The molecule has 5 heteroatoms. The van der Waals surface area contributed by atoms with E-state index in [2.05, 4.69) is 43.2 Å². The first kappa shape index (κ1) is 11.8. The van der Waals surface area contributed by atoms with Crippen molar-refractivity contribution >= 4 is 27.3 Å². The van der Waals surface area contributed by atoms with Crippen LogP contribution in [0, 0.1) is 6.92 Å². The predicted octanol–water partition coefficient (Wildman–Crippen LogP) is 2.86. The van der Waals surface area contributed by atoms with Crippen molar-refractivity contribution in [3.05, 3.63) is 38.3 Å². The van der Waals surface area contributed by atoms with Crippen LogP contribution in [-0.2, 0) is 7.05 Å². The topological polar surface area (TPSA) is 29.9 Å². The summed E-state index contributed by atoms with van der Waals surface area (Å²) >= 11 is 5.28. The van der Waals surface area contributed by atoms with Crippen LogP contribution in [0.4, 0.5) is 0 Å². The van der Waals surface area contributed by atoms with Crippen molar-refractivity contribution in [1.82, 2.24) is 15.1 Å². The minimum Gasteiger partial charge on any atom is -0.308 e. The summed E-state index contributed by atoms with van der Waals surface area (Å²) < 4.78 is 3.08. The van der Waals surface area contributed by atoms with Crippen molar-refractivity contribution in [2.75, 3.05) is 7.05 Å². The maximum Gasteiger partial charge on any atom is 0.0764 e. The summed E-state index contributed by atoms with van der Waals surface area (Å²) in [4.78, 5) is 0. The van der Waals surface area contributed by atoms with E-state index in [9.17, 15) is 0 Å². The van der Waals surface area contributed by atoms with Gasteiger partial charge in [0.15, 0.2) is 0 Å². The van der Waals surface area contributed by atoms with E-state index in [0.717, 1.165) is 10.2 Å². The highest BCUT2D eigenvalue weighted by atomic mass is 79.9. The number of rotatable bonds is 3. The van der Waals surface area contributed by atoms with Crippen LogP contribution in [0.25, 0.3) is 0 Å². The highest BCUT2D eigenvalue weighted by molar-refractivity contribution is 9.10. The van der Waals surface area contributed by atoms with Gasteiger partial charge in [0.25, 0.3) is 0 Å². The fourth-order valence-electron chi connectivity index (χ4n) is 1.86. The Labute approximate surface area is 108 Å². The number of nitrogens with zero attached hydrogens (tertiary/aromatic N) is 2. The van der Waals surface area contributed by atoms with Gasteiger partial charge in [0.2, 0.25) is 0 Å². The first-order chi connectivity index (χ1) is 7.63. The van der Waals surface area contributed by atoms with Gasteiger partial charge >= 0.3 is 0 Å². The Morgan fingerprint density at radius 1 is 1.50 bits per heavy atom. The van der Waals surface area contributed by atoms with Crippen LogP contribution < -0.4 is 5.32 Å². The Balaban J connectivity index is 2.44. The number of hydrogen-bond donors (Lipinski definition) is 1. The summed E-state index contributed by atoms with van der Waals surface area (Å²) in [5.74, 6) is 0. The molecule has 0 saturated carbocycles. The molecule has 2 aromatic heterocycles. The summed E-state index contributed by atoms with van der Waals surface area (Å²) in [6, 6.07) is 2.30. The van der Waals surface area contributed by atoms with E-state index in [0.29, 0.717) is 0 Å². The van der Waals surface area contributed by atoms with Gasteiger partial charge in [-0.05, 0) is 46.9 Å². The standard InChI is InChI=1S/C11H14BrN3S/c1-7-4-10(15(3)14-7)11(13-2)8-5-16-6-9(8)12/h4-6,11,13H,1-3H3. The molecule has 16 heavy (non-hydrogen) atoms. The fourth-order valence-corrected chi connectivity index (χ4v) is 3.41. The monoisotopic (exact) mass is 299 g/mol. The van der Waals surface area contributed by atoms with Gasteiger partial charge in [-0.2, -0.15) is 16.4 Å².